The van der Waals surface area contributed by atoms with Gasteiger partial charge in [-0.2, -0.15) is 13.2 Å². The van der Waals surface area contributed by atoms with Crippen molar-refractivity contribution in [2.75, 3.05) is 7.11 Å². The Morgan fingerprint density at radius 2 is 1.67 bits per heavy atom. The van der Waals surface area contributed by atoms with Crippen molar-refractivity contribution in [3.8, 4) is 0 Å². The third-order valence-electron chi connectivity index (χ3n) is 3.34. The first kappa shape index (κ1) is 21.9. The van der Waals surface area contributed by atoms with Crippen molar-refractivity contribution in [3.63, 3.8) is 0 Å². The van der Waals surface area contributed by atoms with Crippen LogP contribution in [0.4, 0.5) is 13.2 Å². The summed E-state index contributed by atoms with van der Waals surface area (Å²) in [5.41, 5.74) is 0.613. The Morgan fingerprint density at radius 1 is 1.07 bits per heavy atom. The molecule has 8 nitrogen and oxygen atoms in total. The normalized spacial score (nSPS) is 13.2. The molecule has 0 aliphatic heterocycles. The molecule has 0 fully saturated rings. The average molecular weight is 390 g/mol. The lowest BCUT2D eigenvalue weighted by Crippen LogP contribution is -2.55. The third kappa shape index (κ3) is 7.34. The van der Waals surface area contributed by atoms with Crippen molar-refractivity contribution in [2.45, 2.75) is 31.1 Å². The van der Waals surface area contributed by atoms with E-state index >= 15 is 0 Å². The lowest BCUT2D eigenvalue weighted by molar-refractivity contribution is -0.175. The van der Waals surface area contributed by atoms with Gasteiger partial charge in [0.15, 0.2) is 0 Å². The molecular formula is C16H17F3N2O6. The first-order valence-electron chi connectivity index (χ1n) is 7.56. The van der Waals surface area contributed by atoms with Crippen LogP contribution in [0.3, 0.4) is 0 Å². The van der Waals surface area contributed by atoms with Gasteiger partial charge in [0.1, 0.15) is 12.1 Å². The van der Waals surface area contributed by atoms with Crippen LogP contribution in [0.15, 0.2) is 30.3 Å². The third-order valence-corrected chi connectivity index (χ3v) is 3.34. The van der Waals surface area contributed by atoms with E-state index in [2.05, 4.69) is 10.1 Å². The van der Waals surface area contributed by atoms with Gasteiger partial charge in [-0.3, -0.25) is 14.4 Å². The van der Waals surface area contributed by atoms with Crippen molar-refractivity contribution < 1.29 is 42.2 Å². The molecule has 0 unspecified atom stereocenters. The first-order chi connectivity index (χ1) is 12.5. The molecule has 0 saturated carbocycles. The second-order valence-corrected chi connectivity index (χ2v) is 5.40. The number of esters is 1. The van der Waals surface area contributed by atoms with Crippen LogP contribution < -0.4 is 10.6 Å². The number of halogens is 3. The number of hydrogen-bond donors (Lipinski definition) is 3. The number of carboxylic acids is 1. The van der Waals surface area contributed by atoms with E-state index in [0.717, 1.165) is 7.11 Å². The highest BCUT2D eigenvalue weighted by molar-refractivity contribution is 5.94. The number of benzene rings is 1. The highest BCUT2D eigenvalue weighted by Crippen LogP contribution is 2.15. The van der Waals surface area contributed by atoms with Crippen LogP contribution in [0.5, 0.6) is 0 Å². The number of hydrogen-bond acceptors (Lipinski definition) is 5. The maximum absolute atomic E-state index is 12.4. The topological polar surface area (TPSA) is 122 Å². The Morgan fingerprint density at radius 3 is 2.15 bits per heavy atom. The molecular weight excluding hydrogens is 373 g/mol. The molecule has 1 rings (SSSR count). The summed E-state index contributed by atoms with van der Waals surface area (Å²) in [5, 5.41) is 12.2. The summed E-state index contributed by atoms with van der Waals surface area (Å²) < 4.78 is 41.7. The summed E-state index contributed by atoms with van der Waals surface area (Å²) in [6.07, 6.45) is -6.46. The second-order valence-electron chi connectivity index (χ2n) is 5.40. The number of methoxy groups -OCH3 is 1. The summed E-state index contributed by atoms with van der Waals surface area (Å²) in [6.45, 7) is 0. The average Bonchev–Trinajstić information content (AvgIpc) is 2.59. The molecule has 0 aliphatic rings. The molecule has 0 bridgehead atoms. The number of carbonyl (C=O) groups is 4. The van der Waals surface area contributed by atoms with Crippen molar-refractivity contribution in [1.82, 2.24) is 10.6 Å². The second kappa shape index (κ2) is 9.55. The van der Waals surface area contributed by atoms with E-state index in [1.165, 1.54) is 5.32 Å². The lowest BCUT2D eigenvalue weighted by Gasteiger charge is -2.21. The SMILES string of the molecule is COC(=O)[C@@H](Cc1ccccc1)NC(=O)[C@@H](CC(=O)O)NC(=O)C(F)(F)F. The predicted molar refractivity (Wildman–Crippen MR) is 84.3 cm³/mol. The molecule has 2 amide bonds. The first-order valence-corrected chi connectivity index (χ1v) is 7.56. The number of aliphatic carboxylic acids is 1. The molecule has 3 N–H and O–H groups in total. The summed E-state index contributed by atoms with van der Waals surface area (Å²) >= 11 is 0. The van der Waals surface area contributed by atoms with Crippen molar-refractivity contribution >= 4 is 23.8 Å². The minimum Gasteiger partial charge on any atom is -0.481 e. The molecule has 27 heavy (non-hydrogen) atoms. The van der Waals surface area contributed by atoms with Crippen molar-refractivity contribution in [1.29, 1.82) is 0 Å². The molecule has 148 valence electrons. The summed E-state index contributed by atoms with van der Waals surface area (Å²) in [5.74, 6) is -6.23. The number of nitrogens with one attached hydrogen (secondary N) is 2. The fraction of sp³-hybridized carbons (Fsp3) is 0.375. The number of ether oxygens (including phenoxy) is 1. The van der Waals surface area contributed by atoms with Gasteiger partial charge in [-0.15, -0.1) is 0 Å². The monoisotopic (exact) mass is 390 g/mol. The number of amides is 2. The Balaban J connectivity index is 2.94. The molecule has 1 aromatic carbocycles. The van der Waals surface area contributed by atoms with Gasteiger partial charge in [0, 0.05) is 6.42 Å². The fourth-order valence-corrected chi connectivity index (χ4v) is 2.08. The van der Waals surface area contributed by atoms with Crippen LogP contribution in [0.2, 0.25) is 0 Å². The minimum atomic E-state index is -5.30. The van der Waals surface area contributed by atoms with Gasteiger partial charge in [0.2, 0.25) is 5.91 Å². The van der Waals surface area contributed by atoms with Gasteiger partial charge in [-0.05, 0) is 5.56 Å². The van der Waals surface area contributed by atoms with Crippen LogP contribution in [-0.4, -0.2) is 54.2 Å². The Bertz CT molecular complexity index is 693. The van der Waals surface area contributed by atoms with E-state index in [4.69, 9.17) is 5.11 Å². The summed E-state index contributed by atoms with van der Waals surface area (Å²) in [6, 6.07) is 5.02. The van der Waals surface area contributed by atoms with Gasteiger partial charge in [-0.1, -0.05) is 30.3 Å². The van der Waals surface area contributed by atoms with E-state index in [9.17, 15) is 32.3 Å². The van der Waals surface area contributed by atoms with Crippen LogP contribution in [0.1, 0.15) is 12.0 Å². The zero-order chi connectivity index (χ0) is 20.6. The molecule has 0 heterocycles. The highest BCUT2D eigenvalue weighted by atomic mass is 19.4. The van der Waals surface area contributed by atoms with Gasteiger partial charge < -0.3 is 20.5 Å². The smallest absolute Gasteiger partial charge is 0.471 e. The molecule has 0 aliphatic carbocycles. The van der Waals surface area contributed by atoms with Crippen molar-refractivity contribution in [2.24, 2.45) is 0 Å². The maximum atomic E-state index is 12.4. The van der Waals surface area contributed by atoms with Gasteiger partial charge in [0.25, 0.3) is 0 Å². The Kier molecular flexibility index (Phi) is 7.76. The standard InChI is InChI=1S/C16H17F3N2O6/c1-27-14(25)11(7-9-5-3-2-4-6-9)20-13(24)10(8-12(22)23)21-15(26)16(17,18)19/h2-6,10-11H,7-8H2,1H3,(H,20,24)(H,21,26)(H,22,23)/t10-,11-/m1/s1. The summed E-state index contributed by atoms with van der Waals surface area (Å²) in [7, 11) is 1.05. The maximum Gasteiger partial charge on any atom is 0.471 e. The van der Waals surface area contributed by atoms with E-state index in [1.807, 2.05) is 0 Å². The zero-order valence-electron chi connectivity index (χ0n) is 14.1. The minimum absolute atomic E-state index is 0.0493. The molecule has 0 spiro atoms. The Labute approximate surface area is 151 Å². The molecule has 1 aromatic rings. The van der Waals surface area contributed by atoms with E-state index in [-0.39, 0.29) is 6.42 Å². The van der Waals surface area contributed by atoms with E-state index in [0.29, 0.717) is 5.56 Å². The van der Waals surface area contributed by atoms with Crippen molar-refractivity contribution in [3.05, 3.63) is 35.9 Å². The largest absolute Gasteiger partial charge is 0.481 e. The molecule has 0 radical (unpaired) electrons. The number of alkyl halides is 3. The van der Waals surface area contributed by atoms with Crippen LogP contribution in [0.25, 0.3) is 0 Å². The fourth-order valence-electron chi connectivity index (χ4n) is 2.08. The van der Waals surface area contributed by atoms with Gasteiger partial charge in [-0.25, -0.2) is 4.79 Å². The number of carbonyl (C=O) groups excluding carboxylic acids is 3. The van der Waals surface area contributed by atoms with Gasteiger partial charge in [0.05, 0.1) is 13.5 Å². The van der Waals surface area contributed by atoms with Crippen LogP contribution >= 0.6 is 0 Å². The predicted octanol–water partition coefficient (Wildman–Crippen LogP) is 0.409. The van der Waals surface area contributed by atoms with Gasteiger partial charge >= 0.3 is 24.0 Å². The molecule has 0 aromatic heterocycles. The van der Waals surface area contributed by atoms with Crippen LogP contribution in [0, 0.1) is 0 Å². The quantitative estimate of drug-likeness (QED) is 0.553. The van der Waals surface area contributed by atoms with E-state index < -0.39 is 48.4 Å². The number of carboxylic acid groups (broad SMARTS) is 1. The lowest BCUT2D eigenvalue weighted by atomic mass is 10.0. The van der Waals surface area contributed by atoms with E-state index in [1.54, 1.807) is 30.3 Å². The summed E-state index contributed by atoms with van der Waals surface area (Å²) in [4.78, 5) is 45.9. The Hall–Kier alpha value is -3.11. The molecule has 11 heteroatoms. The molecule has 2 atom stereocenters. The zero-order valence-corrected chi connectivity index (χ0v) is 14.1. The number of rotatable bonds is 8. The highest BCUT2D eigenvalue weighted by Gasteiger charge is 2.41. The molecule has 0 saturated heterocycles. The van der Waals surface area contributed by atoms with Crippen LogP contribution in [-0.2, 0) is 30.3 Å².